The number of pyridine rings is 1. The SMILES string of the molecule is CC(NCCCCn1ccnc1)c1cccnc1. The summed E-state index contributed by atoms with van der Waals surface area (Å²) in [7, 11) is 0. The van der Waals surface area contributed by atoms with E-state index in [4.69, 9.17) is 0 Å². The standard InChI is InChI=1S/C14H20N4/c1-13(14-5-4-6-15-11-14)17-7-2-3-9-18-10-8-16-12-18/h4-6,8,10-13,17H,2-3,7,9H2,1H3. The first-order valence-electron chi connectivity index (χ1n) is 6.45. The highest BCUT2D eigenvalue weighted by atomic mass is 15.0. The molecule has 2 aromatic rings. The van der Waals surface area contributed by atoms with Crippen molar-refractivity contribution in [1.82, 2.24) is 19.9 Å². The average Bonchev–Trinajstić information content (AvgIpc) is 2.92. The molecule has 18 heavy (non-hydrogen) atoms. The molecule has 1 atom stereocenters. The van der Waals surface area contributed by atoms with Crippen LogP contribution in [0.4, 0.5) is 0 Å². The van der Waals surface area contributed by atoms with Crippen LogP contribution in [0.25, 0.3) is 0 Å². The Labute approximate surface area is 108 Å². The Balaban J connectivity index is 1.61. The Morgan fingerprint density at radius 1 is 1.28 bits per heavy atom. The van der Waals surface area contributed by atoms with Gasteiger partial charge in [-0.1, -0.05) is 6.07 Å². The van der Waals surface area contributed by atoms with Gasteiger partial charge in [0.15, 0.2) is 0 Å². The summed E-state index contributed by atoms with van der Waals surface area (Å²) in [5, 5.41) is 3.51. The molecule has 1 N–H and O–H groups in total. The second-order valence-electron chi connectivity index (χ2n) is 4.47. The lowest BCUT2D eigenvalue weighted by molar-refractivity contribution is 0.522. The zero-order valence-corrected chi connectivity index (χ0v) is 10.8. The highest BCUT2D eigenvalue weighted by molar-refractivity contribution is 5.12. The molecule has 0 amide bonds. The van der Waals surface area contributed by atoms with E-state index in [0.717, 1.165) is 13.1 Å². The third-order valence-electron chi connectivity index (χ3n) is 3.04. The Kier molecular flexibility index (Phi) is 4.90. The Morgan fingerprint density at radius 2 is 2.22 bits per heavy atom. The number of nitrogens with one attached hydrogen (secondary N) is 1. The smallest absolute Gasteiger partial charge is 0.0945 e. The third kappa shape index (κ3) is 3.96. The third-order valence-corrected chi connectivity index (χ3v) is 3.04. The lowest BCUT2D eigenvalue weighted by Crippen LogP contribution is -2.20. The first-order valence-corrected chi connectivity index (χ1v) is 6.45. The van der Waals surface area contributed by atoms with E-state index >= 15 is 0 Å². The summed E-state index contributed by atoms with van der Waals surface area (Å²) in [5.74, 6) is 0. The van der Waals surface area contributed by atoms with E-state index < -0.39 is 0 Å². The summed E-state index contributed by atoms with van der Waals surface area (Å²) in [5.41, 5.74) is 1.24. The van der Waals surface area contributed by atoms with Crippen LogP contribution in [0.3, 0.4) is 0 Å². The van der Waals surface area contributed by atoms with Crippen LogP contribution in [0.1, 0.15) is 31.4 Å². The van der Waals surface area contributed by atoms with Crippen molar-refractivity contribution in [3.05, 3.63) is 48.8 Å². The summed E-state index contributed by atoms with van der Waals surface area (Å²) >= 11 is 0. The van der Waals surface area contributed by atoms with Crippen molar-refractivity contribution in [2.75, 3.05) is 6.54 Å². The average molecular weight is 244 g/mol. The van der Waals surface area contributed by atoms with Crippen LogP contribution in [0.5, 0.6) is 0 Å². The van der Waals surface area contributed by atoms with Gasteiger partial charge in [0.25, 0.3) is 0 Å². The summed E-state index contributed by atoms with van der Waals surface area (Å²) in [6, 6.07) is 4.45. The number of unbranched alkanes of at least 4 members (excludes halogenated alkanes) is 1. The minimum absolute atomic E-state index is 0.368. The van der Waals surface area contributed by atoms with Gasteiger partial charge in [-0.15, -0.1) is 0 Å². The Bertz CT molecular complexity index is 424. The topological polar surface area (TPSA) is 42.7 Å². The van der Waals surface area contributed by atoms with E-state index in [1.807, 2.05) is 31.0 Å². The molecule has 0 spiro atoms. The molecule has 4 heteroatoms. The van der Waals surface area contributed by atoms with Gasteiger partial charge >= 0.3 is 0 Å². The molecule has 2 rings (SSSR count). The fraction of sp³-hybridized carbons (Fsp3) is 0.429. The minimum atomic E-state index is 0.368. The van der Waals surface area contributed by atoms with E-state index in [1.165, 1.54) is 18.4 Å². The van der Waals surface area contributed by atoms with Crippen LogP contribution in [0.2, 0.25) is 0 Å². The fourth-order valence-corrected chi connectivity index (χ4v) is 1.91. The molecule has 0 aliphatic carbocycles. The maximum absolute atomic E-state index is 4.13. The van der Waals surface area contributed by atoms with Gasteiger partial charge in [-0.05, 0) is 37.9 Å². The van der Waals surface area contributed by atoms with Crippen molar-refractivity contribution in [2.24, 2.45) is 0 Å². The van der Waals surface area contributed by atoms with Gasteiger partial charge in [-0.3, -0.25) is 4.98 Å². The molecule has 0 radical (unpaired) electrons. The molecule has 0 aliphatic heterocycles. The number of rotatable bonds is 7. The van der Waals surface area contributed by atoms with Crippen LogP contribution in [0.15, 0.2) is 43.2 Å². The molecule has 1 unspecified atom stereocenters. The molecule has 0 aromatic carbocycles. The van der Waals surface area contributed by atoms with Crippen LogP contribution in [-0.2, 0) is 6.54 Å². The first kappa shape index (κ1) is 12.8. The molecule has 0 bridgehead atoms. The molecule has 96 valence electrons. The van der Waals surface area contributed by atoms with Gasteiger partial charge in [0.1, 0.15) is 0 Å². The molecule has 2 aromatic heterocycles. The van der Waals surface area contributed by atoms with Crippen molar-refractivity contribution >= 4 is 0 Å². The van der Waals surface area contributed by atoms with E-state index in [2.05, 4.69) is 32.8 Å². The van der Waals surface area contributed by atoms with Crippen molar-refractivity contribution in [2.45, 2.75) is 32.4 Å². The number of aryl methyl sites for hydroxylation is 1. The maximum Gasteiger partial charge on any atom is 0.0945 e. The molecular weight excluding hydrogens is 224 g/mol. The number of imidazole rings is 1. The fourth-order valence-electron chi connectivity index (χ4n) is 1.91. The van der Waals surface area contributed by atoms with E-state index in [9.17, 15) is 0 Å². The van der Waals surface area contributed by atoms with E-state index in [1.54, 1.807) is 6.20 Å². The van der Waals surface area contributed by atoms with Gasteiger partial charge in [0, 0.05) is 37.4 Å². The van der Waals surface area contributed by atoms with Crippen LogP contribution < -0.4 is 5.32 Å². The number of aromatic nitrogens is 3. The maximum atomic E-state index is 4.13. The van der Waals surface area contributed by atoms with Gasteiger partial charge < -0.3 is 9.88 Å². The summed E-state index contributed by atoms with van der Waals surface area (Å²) in [6.07, 6.45) is 11.8. The van der Waals surface area contributed by atoms with Crippen molar-refractivity contribution in [3.63, 3.8) is 0 Å². The van der Waals surface area contributed by atoms with Gasteiger partial charge in [0.05, 0.1) is 6.33 Å². The van der Waals surface area contributed by atoms with E-state index in [-0.39, 0.29) is 0 Å². The minimum Gasteiger partial charge on any atom is -0.337 e. The highest BCUT2D eigenvalue weighted by Crippen LogP contribution is 2.09. The van der Waals surface area contributed by atoms with Crippen LogP contribution in [0, 0.1) is 0 Å². The van der Waals surface area contributed by atoms with Crippen molar-refractivity contribution in [1.29, 1.82) is 0 Å². The summed E-state index contributed by atoms with van der Waals surface area (Å²) in [4.78, 5) is 8.16. The molecule has 2 heterocycles. The summed E-state index contributed by atoms with van der Waals surface area (Å²) < 4.78 is 2.12. The van der Waals surface area contributed by atoms with Crippen molar-refractivity contribution in [3.8, 4) is 0 Å². The lowest BCUT2D eigenvalue weighted by atomic mass is 10.1. The molecule has 0 fully saturated rings. The number of nitrogens with zero attached hydrogens (tertiary/aromatic N) is 3. The predicted molar refractivity (Wildman–Crippen MR) is 72.1 cm³/mol. The second-order valence-corrected chi connectivity index (χ2v) is 4.47. The zero-order chi connectivity index (χ0) is 12.6. The first-order chi connectivity index (χ1) is 8.86. The van der Waals surface area contributed by atoms with Crippen LogP contribution in [-0.4, -0.2) is 21.1 Å². The van der Waals surface area contributed by atoms with Crippen molar-refractivity contribution < 1.29 is 0 Å². The number of hydrogen-bond acceptors (Lipinski definition) is 3. The van der Waals surface area contributed by atoms with E-state index in [0.29, 0.717) is 6.04 Å². The second kappa shape index (κ2) is 6.91. The molecular formula is C14H20N4. The molecule has 0 saturated heterocycles. The van der Waals surface area contributed by atoms with Gasteiger partial charge in [-0.2, -0.15) is 0 Å². The number of hydrogen-bond donors (Lipinski definition) is 1. The largest absolute Gasteiger partial charge is 0.337 e. The summed E-state index contributed by atoms with van der Waals surface area (Å²) in [6.45, 7) is 4.25. The zero-order valence-electron chi connectivity index (χ0n) is 10.8. The lowest BCUT2D eigenvalue weighted by Gasteiger charge is -2.13. The quantitative estimate of drug-likeness (QED) is 0.761. The molecule has 0 saturated carbocycles. The monoisotopic (exact) mass is 244 g/mol. The van der Waals surface area contributed by atoms with Gasteiger partial charge in [-0.25, -0.2) is 4.98 Å². The molecule has 0 aliphatic rings. The Morgan fingerprint density at radius 3 is 2.94 bits per heavy atom. The molecule has 4 nitrogen and oxygen atoms in total. The predicted octanol–water partition coefficient (Wildman–Crippen LogP) is 2.41. The highest BCUT2D eigenvalue weighted by Gasteiger charge is 2.03. The Hall–Kier alpha value is -1.68. The van der Waals surface area contributed by atoms with Crippen LogP contribution >= 0.6 is 0 Å². The van der Waals surface area contributed by atoms with Gasteiger partial charge in [0.2, 0.25) is 0 Å². The normalized spacial score (nSPS) is 12.5.